The minimum absolute atomic E-state index is 0.193. The van der Waals surface area contributed by atoms with Gasteiger partial charge in [0.05, 0.1) is 0 Å². The SMILES string of the molecule is O=C(CC1CCCN1)NCCC1CCOC1. The first kappa shape index (κ1) is 11.9. The fourth-order valence-electron chi connectivity index (χ4n) is 2.45. The average molecular weight is 226 g/mol. The Morgan fingerprint density at radius 3 is 3.06 bits per heavy atom. The fraction of sp³-hybridized carbons (Fsp3) is 0.917. The third-order valence-electron chi connectivity index (χ3n) is 3.49. The number of rotatable bonds is 5. The number of carbonyl (C=O) groups is 1. The molecule has 4 nitrogen and oxygen atoms in total. The molecule has 2 heterocycles. The monoisotopic (exact) mass is 226 g/mol. The summed E-state index contributed by atoms with van der Waals surface area (Å²) in [6, 6.07) is 0.412. The predicted octanol–water partition coefficient (Wildman–Crippen LogP) is 0.671. The lowest BCUT2D eigenvalue weighted by atomic mass is 10.1. The van der Waals surface area contributed by atoms with Crippen LogP contribution in [0.4, 0.5) is 0 Å². The fourth-order valence-corrected chi connectivity index (χ4v) is 2.45. The highest BCUT2D eigenvalue weighted by molar-refractivity contribution is 5.76. The summed E-state index contributed by atoms with van der Waals surface area (Å²) in [7, 11) is 0. The molecule has 2 aliphatic heterocycles. The molecule has 0 aliphatic carbocycles. The van der Waals surface area contributed by atoms with Gasteiger partial charge in [0.2, 0.25) is 5.91 Å². The molecule has 1 amide bonds. The Hall–Kier alpha value is -0.610. The smallest absolute Gasteiger partial charge is 0.221 e. The Bertz CT molecular complexity index is 221. The van der Waals surface area contributed by atoms with Gasteiger partial charge in [0.25, 0.3) is 0 Å². The van der Waals surface area contributed by atoms with Gasteiger partial charge in [-0.25, -0.2) is 0 Å². The molecule has 2 unspecified atom stereocenters. The average Bonchev–Trinajstić information content (AvgIpc) is 2.90. The van der Waals surface area contributed by atoms with E-state index in [-0.39, 0.29) is 5.91 Å². The minimum Gasteiger partial charge on any atom is -0.381 e. The highest BCUT2D eigenvalue weighted by Crippen LogP contribution is 2.15. The maximum Gasteiger partial charge on any atom is 0.221 e. The van der Waals surface area contributed by atoms with Crippen LogP contribution in [0.3, 0.4) is 0 Å². The summed E-state index contributed by atoms with van der Waals surface area (Å²) >= 11 is 0. The van der Waals surface area contributed by atoms with Gasteiger partial charge < -0.3 is 15.4 Å². The highest BCUT2D eigenvalue weighted by Gasteiger charge is 2.18. The van der Waals surface area contributed by atoms with Crippen molar-refractivity contribution < 1.29 is 9.53 Å². The van der Waals surface area contributed by atoms with Crippen molar-refractivity contribution in [3.63, 3.8) is 0 Å². The van der Waals surface area contributed by atoms with Crippen LogP contribution in [-0.4, -0.2) is 38.3 Å². The lowest BCUT2D eigenvalue weighted by Gasteiger charge is -2.11. The number of ether oxygens (including phenoxy) is 1. The standard InChI is InChI=1S/C12H22N2O2/c15-12(8-11-2-1-5-13-11)14-6-3-10-4-7-16-9-10/h10-11,13H,1-9H2,(H,14,15). The zero-order valence-corrected chi connectivity index (χ0v) is 9.84. The third-order valence-corrected chi connectivity index (χ3v) is 3.49. The Morgan fingerprint density at radius 1 is 1.44 bits per heavy atom. The first-order chi connectivity index (χ1) is 7.84. The van der Waals surface area contributed by atoms with E-state index in [9.17, 15) is 4.79 Å². The molecule has 2 fully saturated rings. The first-order valence-electron chi connectivity index (χ1n) is 6.42. The molecule has 0 aromatic rings. The van der Waals surface area contributed by atoms with Crippen LogP contribution in [0, 0.1) is 5.92 Å². The van der Waals surface area contributed by atoms with Crippen LogP contribution in [0.5, 0.6) is 0 Å². The first-order valence-corrected chi connectivity index (χ1v) is 6.42. The van der Waals surface area contributed by atoms with Crippen molar-refractivity contribution in [2.45, 2.75) is 38.1 Å². The Kier molecular flexibility index (Phi) is 4.60. The molecule has 0 spiro atoms. The molecule has 0 radical (unpaired) electrons. The van der Waals surface area contributed by atoms with Gasteiger partial charge in [-0.1, -0.05) is 0 Å². The van der Waals surface area contributed by atoms with Gasteiger partial charge in [-0.3, -0.25) is 4.79 Å². The number of amides is 1. The molecule has 0 saturated carbocycles. The van der Waals surface area contributed by atoms with Crippen LogP contribution < -0.4 is 10.6 Å². The molecular weight excluding hydrogens is 204 g/mol. The summed E-state index contributed by atoms with van der Waals surface area (Å²) in [6.45, 7) is 3.64. The van der Waals surface area contributed by atoms with Crippen molar-refractivity contribution >= 4 is 5.91 Å². The molecule has 16 heavy (non-hydrogen) atoms. The van der Waals surface area contributed by atoms with E-state index in [0.29, 0.717) is 18.4 Å². The van der Waals surface area contributed by atoms with Crippen molar-refractivity contribution in [3.8, 4) is 0 Å². The van der Waals surface area contributed by atoms with E-state index in [0.717, 1.165) is 45.6 Å². The largest absolute Gasteiger partial charge is 0.381 e. The Morgan fingerprint density at radius 2 is 2.38 bits per heavy atom. The molecule has 92 valence electrons. The normalized spacial score (nSPS) is 29.5. The molecule has 2 rings (SSSR count). The third kappa shape index (κ3) is 3.76. The molecule has 2 N–H and O–H groups in total. The van der Waals surface area contributed by atoms with Crippen LogP contribution >= 0.6 is 0 Å². The van der Waals surface area contributed by atoms with E-state index >= 15 is 0 Å². The van der Waals surface area contributed by atoms with E-state index in [1.165, 1.54) is 6.42 Å². The van der Waals surface area contributed by atoms with Crippen molar-refractivity contribution in [1.82, 2.24) is 10.6 Å². The quantitative estimate of drug-likeness (QED) is 0.724. The maximum absolute atomic E-state index is 11.6. The lowest BCUT2D eigenvalue weighted by molar-refractivity contribution is -0.121. The molecule has 0 aromatic carbocycles. The molecule has 0 aromatic heterocycles. The molecule has 4 heteroatoms. The summed E-state index contributed by atoms with van der Waals surface area (Å²) in [5, 5.41) is 6.34. The van der Waals surface area contributed by atoms with E-state index in [1.54, 1.807) is 0 Å². The van der Waals surface area contributed by atoms with E-state index in [4.69, 9.17) is 4.74 Å². The minimum atomic E-state index is 0.193. The topological polar surface area (TPSA) is 50.4 Å². The van der Waals surface area contributed by atoms with Crippen molar-refractivity contribution in [2.24, 2.45) is 5.92 Å². The predicted molar refractivity (Wildman–Crippen MR) is 62.2 cm³/mol. The second-order valence-corrected chi connectivity index (χ2v) is 4.87. The number of carbonyl (C=O) groups excluding carboxylic acids is 1. The van der Waals surface area contributed by atoms with Crippen LogP contribution in [0.25, 0.3) is 0 Å². The molecule has 0 bridgehead atoms. The lowest BCUT2D eigenvalue weighted by Crippen LogP contribution is -2.32. The van der Waals surface area contributed by atoms with Crippen LogP contribution in [-0.2, 0) is 9.53 Å². The van der Waals surface area contributed by atoms with Gasteiger partial charge in [0, 0.05) is 32.2 Å². The summed E-state index contributed by atoms with van der Waals surface area (Å²) in [4.78, 5) is 11.6. The second-order valence-electron chi connectivity index (χ2n) is 4.87. The molecule has 2 atom stereocenters. The summed E-state index contributed by atoms with van der Waals surface area (Å²) in [5.41, 5.74) is 0. The van der Waals surface area contributed by atoms with E-state index < -0.39 is 0 Å². The van der Waals surface area contributed by atoms with Gasteiger partial charge in [0.15, 0.2) is 0 Å². The van der Waals surface area contributed by atoms with E-state index in [2.05, 4.69) is 10.6 Å². The summed E-state index contributed by atoms with van der Waals surface area (Å²) in [6.07, 6.45) is 5.20. The van der Waals surface area contributed by atoms with Gasteiger partial charge >= 0.3 is 0 Å². The Labute approximate surface area is 97.1 Å². The number of hydrogen-bond acceptors (Lipinski definition) is 3. The van der Waals surface area contributed by atoms with Gasteiger partial charge in [-0.2, -0.15) is 0 Å². The molecule has 2 saturated heterocycles. The van der Waals surface area contributed by atoms with Gasteiger partial charge in [0.1, 0.15) is 0 Å². The van der Waals surface area contributed by atoms with Crippen LogP contribution in [0.2, 0.25) is 0 Å². The van der Waals surface area contributed by atoms with Crippen molar-refractivity contribution in [2.75, 3.05) is 26.3 Å². The zero-order chi connectivity index (χ0) is 11.2. The second kappa shape index (κ2) is 6.21. The zero-order valence-electron chi connectivity index (χ0n) is 9.84. The van der Waals surface area contributed by atoms with Gasteiger partial charge in [-0.15, -0.1) is 0 Å². The van der Waals surface area contributed by atoms with Gasteiger partial charge in [-0.05, 0) is 38.1 Å². The van der Waals surface area contributed by atoms with Crippen molar-refractivity contribution in [1.29, 1.82) is 0 Å². The summed E-state index contributed by atoms with van der Waals surface area (Å²) in [5.74, 6) is 0.850. The molecule has 2 aliphatic rings. The Balaban J connectivity index is 1.52. The highest BCUT2D eigenvalue weighted by atomic mass is 16.5. The van der Waals surface area contributed by atoms with E-state index in [1.807, 2.05) is 0 Å². The maximum atomic E-state index is 11.6. The number of hydrogen-bond donors (Lipinski definition) is 2. The van der Waals surface area contributed by atoms with Crippen LogP contribution in [0.1, 0.15) is 32.1 Å². The molecular formula is C12H22N2O2. The summed E-state index contributed by atoms with van der Waals surface area (Å²) < 4.78 is 5.30. The number of nitrogens with one attached hydrogen (secondary N) is 2. The van der Waals surface area contributed by atoms with Crippen molar-refractivity contribution in [3.05, 3.63) is 0 Å². The van der Waals surface area contributed by atoms with Crippen LogP contribution in [0.15, 0.2) is 0 Å².